The number of alkyl halides is 3. The molecule has 1 fully saturated rings. The lowest BCUT2D eigenvalue weighted by Crippen LogP contribution is -2.26. The molecule has 8 nitrogen and oxygen atoms in total. The van der Waals surface area contributed by atoms with E-state index in [1.54, 1.807) is 24.4 Å². The van der Waals surface area contributed by atoms with Crippen molar-refractivity contribution in [1.82, 2.24) is 19.9 Å². The molecule has 3 N–H and O–H groups in total. The van der Waals surface area contributed by atoms with E-state index < -0.39 is 18.4 Å². The quantitative estimate of drug-likeness (QED) is 0.230. The van der Waals surface area contributed by atoms with Crippen LogP contribution in [0.2, 0.25) is 0 Å². The third kappa shape index (κ3) is 6.05. The van der Waals surface area contributed by atoms with Gasteiger partial charge in [-0.2, -0.15) is 13.2 Å². The first-order valence-electron chi connectivity index (χ1n) is 12.3. The Balaban J connectivity index is 1.51. The minimum absolute atomic E-state index is 0.0694. The summed E-state index contributed by atoms with van der Waals surface area (Å²) in [6.45, 7) is 1.46. The Morgan fingerprint density at radius 1 is 1.15 bits per heavy atom. The number of hydrogen-bond acceptors (Lipinski definition) is 6. The van der Waals surface area contributed by atoms with Crippen molar-refractivity contribution in [3.63, 3.8) is 0 Å². The normalized spacial score (nSPS) is 13.4. The summed E-state index contributed by atoms with van der Waals surface area (Å²) in [6, 6.07) is 11.4. The van der Waals surface area contributed by atoms with E-state index in [0.29, 0.717) is 33.8 Å². The number of imidazole rings is 1. The predicted molar refractivity (Wildman–Crippen MR) is 139 cm³/mol. The summed E-state index contributed by atoms with van der Waals surface area (Å²) in [4.78, 5) is 17.0. The van der Waals surface area contributed by atoms with Gasteiger partial charge in [-0.25, -0.2) is 13.9 Å². The second kappa shape index (κ2) is 10.4. The first kappa shape index (κ1) is 26.3. The SMILES string of the molecule is COc1ccc(Nc2cc(NCCC(F)(F)F)c3ncc(-c4ccc(C(=O)NC5CC5)c(C)c4)n3n2)cc1F. The minimum atomic E-state index is -4.33. The number of carbonyl (C=O) groups is 1. The molecular weight excluding hydrogens is 516 g/mol. The number of ether oxygens (including phenoxy) is 1. The Labute approximate surface area is 221 Å². The van der Waals surface area contributed by atoms with Gasteiger partial charge >= 0.3 is 6.18 Å². The van der Waals surface area contributed by atoms with Crippen molar-refractivity contribution in [2.75, 3.05) is 24.3 Å². The van der Waals surface area contributed by atoms with Crippen LogP contribution in [0.4, 0.5) is 34.8 Å². The Bertz CT molecular complexity index is 1530. The van der Waals surface area contributed by atoms with Gasteiger partial charge in [0.15, 0.2) is 23.0 Å². The summed E-state index contributed by atoms with van der Waals surface area (Å²) < 4.78 is 59.1. The van der Waals surface area contributed by atoms with Gasteiger partial charge < -0.3 is 20.7 Å². The van der Waals surface area contributed by atoms with Gasteiger partial charge in [-0.3, -0.25) is 4.79 Å². The maximum atomic E-state index is 14.3. The van der Waals surface area contributed by atoms with E-state index in [9.17, 15) is 22.4 Å². The number of anilines is 3. The number of nitrogens with zero attached hydrogens (tertiary/aromatic N) is 3. The molecule has 0 bridgehead atoms. The molecule has 1 amide bonds. The lowest BCUT2D eigenvalue weighted by atomic mass is 10.0. The van der Waals surface area contributed by atoms with Crippen LogP contribution in [0.1, 0.15) is 35.2 Å². The zero-order valence-electron chi connectivity index (χ0n) is 21.2. The predicted octanol–water partition coefficient (Wildman–Crippen LogP) is 5.85. The summed E-state index contributed by atoms with van der Waals surface area (Å²) in [5, 5.41) is 13.3. The van der Waals surface area contributed by atoms with Crippen LogP contribution in [0.15, 0.2) is 48.7 Å². The monoisotopic (exact) mass is 542 g/mol. The summed E-state index contributed by atoms with van der Waals surface area (Å²) in [5.74, 6) is -0.401. The van der Waals surface area contributed by atoms with Crippen LogP contribution >= 0.6 is 0 Å². The highest BCUT2D eigenvalue weighted by molar-refractivity contribution is 5.96. The number of aryl methyl sites for hydroxylation is 1. The zero-order valence-corrected chi connectivity index (χ0v) is 21.2. The van der Waals surface area contributed by atoms with Crippen LogP contribution in [-0.2, 0) is 0 Å². The number of rotatable bonds is 9. The van der Waals surface area contributed by atoms with Crippen LogP contribution in [0.3, 0.4) is 0 Å². The number of benzene rings is 2. The van der Waals surface area contributed by atoms with Crippen LogP contribution < -0.4 is 20.7 Å². The van der Waals surface area contributed by atoms with E-state index in [0.717, 1.165) is 18.4 Å². The topological polar surface area (TPSA) is 92.6 Å². The third-order valence-electron chi connectivity index (χ3n) is 6.30. The lowest BCUT2D eigenvalue weighted by molar-refractivity contribution is -0.131. The van der Waals surface area contributed by atoms with Gasteiger partial charge in [-0.15, -0.1) is 5.10 Å². The maximum Gasteiger partial charge on any atom is 0.390 e. The first-order chi connectivity index (χ1) is 18.6. The van der Waals surface area contributed by atoms with Gasteiger partial charge in [0, 0.05) is 41.5 Å². The summed E-state index contributed by atoms with van der Waals surface area (Å²) in [7, 11) is 1.36. The molecule has 0 saturated heterocycles. The molecule has 0 unspecified atom stereocenters. The van der Waals surface area contributed by atoms with E-state index in [-0.39, 0.29) is 30.1 Å². The second-order valence-electron chi connectivity index (χ2n) is 9.37. The molecule has 2 aromatic carbocycles. The number of hydrogen-bond donors (Lipinski definition) is 3. The molecule has 2 heterocycles. The molecule has 1 aliphatic rings. The number of fused-ring (bicyclic) bond motifs is 1. The highest BCUT2D eigenvalue weighted by atomic mass is 19.4. The van der Waals surface area contributed by atoms with Crippen LogP contribution in [-0.4, -0.2) is 46.4 Å². The van der Waals surface area contributed by atoms with Gasteiger partial charge in [0.25, 0.3) is 5.91 Å². The molecule has 1 aliphatic carbocycles. The summed E-state index contributed by atoms with van der Waals surface area (Å²) in [6.07, 6.45) is -1.84. The standard InChI is InChI=1S/C27H26F4N6O2/c1-15-11-16(3-7-19(15)26(38)35-17-4-5-17)22-14-33-25-21(32-10-9-27(29,30)31)13-24(36-37(22)25)34-18-6-8-23(39-2)20(28)12-18/h3,6-8,11-14,17,32H,4-5,9-10H2,1-2H3,(H,34,36)(H,35,38). The number of carbonyl (C=O) groups excluding carboxylic acids is 1. The molecule has 2 aromatic heterocycles. The Morgan fingerprint density at radius 3 is 2.62 bits per heavy atom. The van der Waals surface area contributed by atoms with Crippen LogP contribution in [0.5, 0.6) is 5.75 Å². The van der Waals surface area contributed by atoms with Crippen molar-refractivity contribution in [3.8, 4) is 17.0 Å². The smallest absolute Gasteiger partial charge is 0.390 e. The molecule has 12 heteroatoms. The van der Waals surface area contributed by atoms with Gasteiger partial charge in [0.1, 0.15) is 0 Å². The molecule has 0 spiro atoms. The fourth-order valence-corrected chi connectivity index (χ4v) is 4.16. The second-order valence-corrected chi connectivity index (χ2v) is 9.37. The molecule has 0 radical (unpaired) electrons. The fourth-order valence-electron chi connectivity index (χ4n) is 4.16. The van der Waals surface area contributed by atoms with E-state index in [4.69, 9.17) is 4.74 Å². The van der Waals surface area contributed by atoms with E-state index in [1.165, 1.54) is 29.8 Å². The lowest BCUT2D eigenvalue weighted by Gasteiger charge is -2.14. The van der Waals surface area contributed by atoms with Crippen molar-refractivity contribution in [1.29, 1.82) is 0 Å². The minimum Gasteiger partial charge on any atom is -0.494 e. The molecule has 5 rings (SSSR count). The number of methoxy groups -OCH3 is 1. The fraction of sp³-hybridized carbons (Fsp3) is 0.296. The maximum absolute atomic E-state index is 14.3. The van der Waals surface area contributed by atoms with Crippen LogP contribution in [0, 0.1) is 12.7 Å². The molecule has 0 aliphatic heterocycles. The number of aromatic nitrogens is 3. The van der Waals surface area contributed by atoms with E-state index in [1.807, 2.05) is 13.0 Å². The average molecular weight is 543 g/mol. The molecule has 204 valence electrons. The Morgan fingerprint density at radius 2 is 1.95 bits per heavy atom. The Kier molecular flexibility index (Phi) is 7.02. The van der Waals surface area contributed by atoms with Crippen molar-refractivity contribution in [2.45, 2.75) is 38.4 Å². The third-order valence-corrected chi connectivity index (χ3v) is 6.30. The number of halogens is 4. The number of nitrogens with one attached hydrogen (secondary N) is 3. The van der Waals surface area contributed by atoms with E-state index in [2.05, 4.69) is 26.0 Å². The highest BCUT2D eigenvalue weighted by Gasteiger charge is 2.27. The molecule has 0 atom stereocenters. The van der Waals surface area contributed by atoms with E-state index >= 15 is 0 Å². The average Bonchev–Trinajstić information content (AvgIpc) is 3.58. The summed E-state index contributed by atoms with van der Waals surface area (Å²) in [5.41, 5.74) is 3.58. The van der Waals surface area contributed by atoms with Crippen molar-refractivity contribution >= 4 is 28.7 Å². The van der Waals surface area contributed by atoms with Gasteiger partial charge in [0.2, 0.25) is 0 Å². The van der Waals surface area contributed by atoms with Crippen LogP contribution in [0.25, 0.3) is 16.9 Å². The van der Waals surface area contributed by atoms with Gasteiger partial charge in [-0.05, 0) is 49.6 Å². The van der Waals surface area contributed by atoms with Gasteiger partial charge in [0.05, 0.1) is 31.1 Å². The molecule has 39 heavy (non-hydrogen) atoms. The highest BCUT2D eigenvalue weighted by Crippen LogP contribution is 2.30. The first-order valence-corrected chi connectivity index (χ1v) is 12.3. The number of amides is 1. The largest absolute Gasteiger partial charge is 0.494 e. The molecular formula is C27H26F4N6O2. The van der Waals surface area contributed by atoms with Gasteiger partial charge in [-0.1, -0.05) is 6.07 Å². The van der Waals surface area contributed by atoms with Crippen molar-refractivity contribution < 1.29 is 27.1 Å². The molecule has 1 saturated carbocycles. The zero-order chi connectivity index (χ0) is 27.7. The summed E-state index contributed by atoms with van der Waals surface area (Å²) >= 11 is 0. The van der Waals surface area contributed by atoms with Crippen molar-refractivity contribution in [2.24, 2.45) is 0 Å². The Hall–Kier alpha value is -4.35. The molecule has 4 aromatic rings. The van der Waals surface area contributed by atoms with Crippen molar-refractivity contribution in [3.05, 3.63) is 65.6 Å².